The zero-order chi connectivity index (χ0) is 19.9. The standard InChI is InChI=1S/C28H18N2/c1-2-9-22-19(6-1)11-12-24-23(22)13-14-26-25(24)15-17-30-28(26)21-8-5-7-20(18-21)27-10-3-4-16-29-27/h1-18H. The topological polar surface area (TPSA) is 25.8 Å². The monoisotopic (exact) mass is 382 g/mol. The smallest absolute Gasteiger partial charge is 0.0780 e. The molecule has 2 aromatic heterocycles. The summed E-state index contributed by atoms with van der Waals surface area (Å²) in [5.41, 5.74) is 4.17. The zero-order valence-corrected chi connectivity index (χ0v) is 16.3. The summed E-state index contributed by atoms with van der Waals surface area (Å²) in [4.78, 5) is 9.26. The number of nitrogens with zero attached hydrogens (tertiary/aromatic N) is 2. The number of fused-ring (bicyclic) bond motifs is 5. The van der Waals surface area contributed by atoms with Crippen LogP contribution in [0.2, 0.25) is 0 Å². The van der Waals surface area contributed by atoms with Crippen LogP contribution in [0.4, 0.5) is 0 Å². The lowest BCUT2D eigenvalue weighted by atomic mass is 9.95. The molecular weight excluding hydrogens is 364 g/mol. The summed E-state index contributed by atoms with van der Waals surface area (Å²) >= 11 is 0. The lowest BCUT2D eigenvalue weighted by molar-refractivity contribution is 1.32. The highest BCUT2D eigenvalue weighted by molar-refractivity contribution is 6.18. The number of hydrogen-bond donors (Lipinski definition) is 0. The number of aromatic nitrogens is 2. The second-order valence-electron chi connectivity index (χ2n) is 7.50. The van der Waals surface area contributed by atoms with E-state index in [9.17, 15) is 0 Å². The molecule has 2 nitrogen and oxygen atoms in total. The molecule has 6 rings (SSSR count). The molecule has 0 fully saturated rings. The average molecular weight is 382 g/mol. The van der Waals surface area contributed by atoms with Gasteiger partial charge in [0.2, 0.25) is 0 Å². The first-order valence-electron chi connectivity index (χ1n) is 10.1. The molecule has 0 N–H and O–H groups in total. The summed E-state index contributed by atoms with van der Waals surface area (Å²) < 4.78 is 0. The molecule has 0 bridgehead atoms. The first kappa shape index (κ1) is 16.9. The fraction of sp³-hybridized carbons (Fsp3) is 0. The van der Waals surface area contributed by atoms with E-state index in [1.165, 1.54) is 32.3 Å². The Morgan fingerprint density at radius 1 is 0.433 bits per heavy atom. The van der Waals surface area contributed by atoms with Gasteiger partial charge in [-0.15, -0.1) is 0 Å². The van der Waals surface area contributed by atoms with Crippen molar-refractivity contribution in [3.8, 4) is 22.5 Å². The number of hydrogen-bond acceptors (Lipinski definition) is 2. The van der Waals surface area contributed by atoms with E-state index >= 15 is 0 Å². The number of benzene rings is 4. The van der Waals surface area contributed by atoms with Gasteiger partial charge in [0.15, 0.2) is 0 Å². The van der Waals surface area contributed by atoms with E-state index < -0.39 is 0 Å². The molecule has 0 aliphatic carbocycles. The van der Waals surface area contributed by atoms with Gasteiger partial charge in [-0.05, 0) is 51.2 Å². The number of pyridine rings is 2. The molecule has 0 saturated heterocycles. The molecule has 0 spiro atoms. The van der Waals surface area contributed by atoms with Crippen LogP contribution in [0.3, 0.4) is 0 Å². The lowest BCUT2D eigenvalue weighted by Gasteiger charge is -2.11. The molecule has 0 aliphatic rings. The first-order chi connectivity index (χ1) is 14.9. The minimum atomic E-state index is 0.969. The van der Waals surface area contributed by atoms with Crippen molar-refractivity contribution in [1.82, 2.24) is 9.97 Å². The maximum absolute atomic E-state index is 4.76. The molecule has 0 saturated carbocycles. The molecule has 2 heteroatoms. The molecule has 0 aliphatic heterocycles. The third-order valence-electron chi connectivity index (χ3n) is 5.76. The molecule has 0 amide bonds. The highest BCUT2D eigenvalue weighted by Gasteiger charge is 2.10. The zero-order valence-electron chi connectivity index (χ0n) is 16.3. The molecule has 0 atom stereocenters. The Labute approximate surface area is 174 Å². The molecule has 30 heavy (non-hydrogen) atoms. The van der Waals surface area contributed by atoms with Gasteiger partial charge in [-0.3, -0.25) is 9.97 Å². The molecular formula is C28H18N2. The maximum Gasteiger partial charge on any atom is 0.0780 e. The summed E-state index contributed by atoms with van der Waals surface area (Å²) in [5.74, 6) is 0. The highest BCUT2D eigenvalue weighted by atomic mass is 14.7. The predicted molar refractivity (Wildman–Crippen MR) is 125 cm³/mol. The SMILES string of the molecule is c1ccc(-c2cccc(-c3nccc4c3ccc3c5ccccc5ccc43)c2)nc1. The predicted octanol–water partition coefficient (Wildman–Crippen LogP) is 7.27. The van der Waals surface area contributed by atoms with Crippen molar-refractivity contribution in [3.05, 3.63) is 109 Å². The summed E-state index contributed by atoms with van der Waals surface area (Å²) in [7, 11) is 0. The maximum atomic E-state index is 4.76. The second-order valence-corrected chi connectivity index (χ2v) is 7.50. The van der Waals surface area contributed by atoms with Crippen LogP contribution in [0.25, 0.3) is 54.8 Å². The van der Waals surface area contributed by atoms with E-state index in [1.54, 1.807) is 0 Å². The van der Waals surface area contributed by atoms with Gasteiger partial charge in [0.05, 0.1) is 11.4 Å². The van der Waals surface area contributed by atoms with E-state index in [0.717, 1.165) is 22.5 Å². The Balaban J connectivity index is 1.60. The van der Waals surface area contributed by atoms with Crippen molar-refractivity contribution in [2.45, 2.75) is 0 Å². The largest absolute Gasteiger partial charge is 0.256 e. The van der Waals surface area contributed by atoms with Crippen molar-refractivity contribution < 1.29 is 0 Å². The van der Waals surface area contributed by atoms with E-state index in [1.807, 2.05) is 30.6 Å². The van der Waals surface area contributed by atoms with Gasteiger partial charge in [0.25, 0.3) is 0 Å². The molecule has 0 unspecified atom stereocenters. The lowest BCUT2D eigenvalue weighted by Crippen LogP contribution is -1.89. The Bertz CT molecular complexity index is 1540. The van der Waals surface area contributed by atoms with Gasteiger partial charge in [-0.25, -0.2) is 0 Å². The second kappa shape index (κ2) is 6.78. The van der Waals surface area contributed by atoms with Crippen LogP contribution < -0.4 is 0 Å². The van der Waals surface area contributed by atoms with Crippen LogP contribution in [-0.4, -0.2) is 9.97 Å². The summed E-state index contributed by atoms with van der Waals surface area (Å²) in [6.07, 6.45) is 3.74. The van der Waals surface area contributed by atoms with Gasteiger partial charge >= 0.3 is 0 Å². The summed E-state index contributed by atoms with van der Waals surface area (Å²) in [6, 6.07) is 34.0. The minimum absolute atomic E-state index is 0.969. The minimum Gasteiger partial charge on any atom is -0.256 e. The molecule has 0 radical (unpaired) electrons. The Morgan fingerprint density at radius 2 is 1.20 bits per heavy atom. The van der Waals surface area contributed by atoms with Gasteiger partial charge < -0.3 is 0 Å². The van der Waals surface area contributed by atoms with Gasteiger partial charge in [-0.2, -0.15) is 0 Å². The van der Waals surface area contributed by atoms with Crippen LogP contribution >= 0.6 is 0 Å². The third-order valence-corrected chi connectivity index (χ3v) is 5.76. The van der Waals surface area contributed by atoms with Gasteiger partial charge in [0.1, 0.15) is 0 Å². The molecule has 4 aromatic carbocycles. The van der Waals surface area contributed by atoms with E-state index in [2.05, 4.69) is 83.8 Å². The van der Waals surface area contributed by atoms with Crippen LogP contribution in [0.15, 0.2) is 109 Å². The van der Waals surface area contributed by atoms with Gasteiger partial charge in [0, 0.05) is 28.9 Å². The molecule has 2 heterocycles. The van der Waals surface area contributed by atoms with Crippen molar-refractivity contribution in [2.75, 3.05) is 0 Å². The average Bonchev–Trinajstić information content (AvgIpc) is 2.84. The van der Waals surface area contributed by atoms with Crippen molar-refractivity contribution in [1.29, 1.82) is 0 Å². The van der Waals surface area contributed by atoms with Crippen molar-refractivity contribution in [2.24, 2.45) is 0 Å². The van der Waals surface area contributed by atoms with E-state index in [0.29, 0.717) is 0 Å². The highest BCUT2D eigenvalue weighted by Crippen LogP contribution is 2.35. The fourth-order valence-electron chi connectivity index (χ4n) is 4.34. The van der Waals surface area contributed by atoms with Crippen LogP contribution in [0.5, 0.6) is 0 Å². The fourth-order valence-corrected chi connectivity index (χ4v) is 4.34. The summed E-state index contributed by atoms with van der Waals surface area (Å²) in [5, 5.41) is 7.48. The van der Waals surface area contributed by atoms with Crippen molar-refractivity contribution >= 4 is 32.3 Å². The Morgan fingerprint density at radius 3 is 2.13 bits per heavy atom. The van der Waals surface area contributed by atoms with E-state index in [-0.39, 0.29) is 0 Å². The van der Waals surface area contributed by atoms with Gasteiger partial charge in [-0.1, -0.05) is 72.8 Å². The molecule has 6 aromatic rings. The third kappa shape index (κ3) is 2.66. The quantitative estimate of drug-likeness (QED) is 0.294. The van der Waals surface area contributed by atoms with Crippen LogP contribution in [-0.2, 0) is 0 Å². The Hall–Kier alpha value is -4.04. The normalized spacial score (nSPS) is 11.3. The number of rotatable bonds is 2. The van der Waals surface area contributed by atoms with Crippen LogP contribution in [0.1, 0.15) is 0 Å². The molecule has 140 valence electrons. The Kier molecular flexibility index (Phi) is 3.82. The van der Waals surface area contributed by atoms with E-state index in [4.69, 9.17) is 4.98 Å². The summed E-state index contributed by atoms with van der Waals surface area (Å²) in [6.45, 7) is 0. The van der Waals surface area contributed by atoms with Crippen LogP contribution in [0, 0.1) is 0 Å². The first-order valence-corrected chi connectivity index (χ1v) is 10.1. The van der Waals surface area contributed by atoms with Crippen molar-refractivity contribution in [3.63, 3.8) is 0 Å².